The lowest BCUT2D eigenvalue weighted by molar-refractivity contribution is 0.945. The maximum atomic E-state index is 9.35. The molecule has 1 nitrogen and oxygen atoms in total. The molecule has 0 aliphatic rings. The monoisotopic (exact) mass is 793 g/mol. The van der Waals surface area contributed by atoms with E-state index in [2.05, 4.69) is 189 Å². The standard InChI is InChI=1S/C37H83NSi9/c1-38-34-32(36(42(11,12)13,43(14,15)16)44(17,18)19)29-31(35(39(2,3)4,40(5,6)7)41(8,9)10)30-33(34)37(45(20,21)22,46(23,24)25)47(26,27)28/h29-30H,2-28H3. The molecular weight excluding hydrogens is 711 g/mol. The van der Waals surface area contributed by atoms with Crippen molar-refractivity contribution < 1.29 is 0 Å². The summed E-state index contributed by atoms with van der Waals surface area (Å²) in [6.45, 7) is 82.2. The molecule has 0 aromatic heterocycles. The maximum absolute atomic E-state index is 9.35. The molecule has 0 amide bonds. The first-order valence-corrected chi connectivity index (χ1v) is 50.1. The van der Waals surface area contributed by atoms with Crippen LogP contribution in [-0.2, 0) is 12.9 Å². The molecule has 272 valence electrons. The first kappa shape index (κ1) is 45.7. The van der Waals surface area contributed by atoms with E-state index in [4.69, 9.17) is 4.85 Å². The Kier molecular flexibility index (Phi) is 12.3. The molecule has 1 aromatic carbocycles. The Hall–Kier alpha value is 0.662. The van der Waals surface area contributed by atoms with Crippen LogP contribution in [0, 0.1) is 6.57 Å². The van der Waals surface area contributed by atoms with Gasteiger partial charge in [0.2, 0.25) is 0 Å². The summed E-state index contributed by atoms with van der Waals surface area (Å²) < 4.78 is 0.586. The predicted molar refractivity (Wildman–Crippen MR) is 248 cm³/mol. The van der Waals surface area contributed by atoms with Crippen molar-refractivity contribution >= 4 is 78.4 Å². The van der Waals surface area contributed by atoms with Gasteiger partial charge >= 0.3 is 0 Å². The Morgan fingerprint density at radius 3 is 0.638 bits per heavy atom. The smallest absolute Gasteiger partial charge is 0.192 e. The van der Waals surface area contributed by atoms with Gasteiger partial charge in [0.25, 0.3) is 0 Å². The fourth-order valence-electron chi connectivity index (χ4n) is 15.4. The van der Waals surface area contributed by atoms with Gasteiger partial charge in [0.15, 0.2) is 5.69 Å². The summed E-state index contributed by atoms with van der Waals surface area (Å²) in [5.74, 6) is 0. The van der Waals surface area contributed by atoms with E-state index < -0.39 is 72.7 Å². The Balaban J connectivity index is 5.54. The van der Waals surface area contributed by atoms with Crippen LogP contribution in [0.1, 0.15) is 16.7 Å². The van der Waals surface area contributed by atoms with Crippen LogP contribution >= 0.6 is 0 Å². The third-order valence-electron chi connectivity index (χ3n) is 12.6. The van der Waals surface area contributed by atoms with Crippen molar-refractivity contribution in [3.05, 3.63) is 40.2 Å². The van der Waals surface area contributed by atoms with Gasteiger partial charge in [-0.1, -0.05) is 194 Å². The fraction of sp³-hybridized carbons (Fsp3) is 0.811. The summed E-state index contributed by atoms with van der Waals surface area (Å²) in [6.07, 6.45) is 0. The molecule has 0 unspecified atom stereocenters. The third-order valence-corrected chi connectivity index (χ3v) is 75.8. The quantitative estimate of drug-likeness (QED) is 0.147. The largest absolute Gasteiger partial charge is 0.238 e. The lowest BCUT2D eigenvalue weighted by Crippen LogP contribution is -2.77. The predicted octanol–water partition coefficient (Wildman–Crippen LogP) is 13.8. The second-order valence-corrected chi connectivity index (χ2v) is 76.3. The van der Waals surface area contributed by atoms with Crippen molar-refractivity contribution in [3.8, 4) is 0 Å². The van der Waals surface area contributed by atoms with E-state index in [9.17, 15) is 6.57 Å². The normalized spacial score (nSPS) is 16.0. The zero-order valence-corrected chi connectivity index (χ0v) is 46.1. The van der Waals surface area contributed by atoms with Crippen LogP contribution in [0.25, 0.3) is 4.85 Å². The van der Waals surface area contributed by atoms with E-state index in [0.29, 0.717) is 0 Å². The Bertz CT molecular complexity index is 1160. The van der Waals surface area contributed by atoms with Crippen molar-refractivity contribution in [1.29, 1.82) is 0 Å². The van der Waals surface area contributed by atoms with Crippen LogP contribution in [0.5, 0.6) is 0 Å². The van der Waals surface area contributed by atoms with Gasteiger partial charge < -0.3 is 0 Å². The molecule has 0 aliphatic carbocycles. The van der Waals surface area contributed by atoms with Crippen molar-refractivity contribution in [2.45, 2.75) is 190 Å². The maximum Gasteiger partial charge on any atom is 0.192 e. The molecule has 0 saturated heterocycles. The molecule has 0 spiro atoms. The summed E-state index contributed by atoms with van der Waals surface area (Å²) in [7, 11) is -16.7. The first-order chi connectivity index (χ1) is 20.0. The topological polar surface area (TPSA) is 4.36 Å². The summed E-state index contributed by atoms with van der Waals surface area (Å²) >= 11 is 0. The summed E-state index contributed by atoms with van der Waals surface area (Å²) in [5.41, 5.74) is 5.99. The Labute approximate surface area is 306 Å². The Morgan fingerprint density at radius 2 is 0.511 bits per heavy atom. The number of hydrogen-bond acceptors (Lipinski definition) is 0. The fourth-order valence-corrected chi connectivity index (χ4v) is 105. The highest BCUT2D eigenvalue weighted by atomic mass is 28.5. The highest BCUT2D eigenvalue weighted by Crippen LogP contribution is 2.60. The van der Waals surface area contributed by atoms with E-state index in [1.807, 2.05) is 0 Å². The summed E-state index contributed by atoms with van der Waals surface area (Å²) in [4.78, 5) is 4.91. The van der Waals surface area contributed by atoms with Crippen LogP contribution in [0.4, 0.5) is 5.69 Å². The van der Waals surface area contributed by atoms with Crippen LogP contribution in [0.15, 0.2) is 12.1 Å². The minimum absolute atomic E-state index is 0.158. The van der Waals surface area contributed by atoms with Gasteiger partial charge in [-0.25, -0.2) is 4.85 Å². The second-order valence-electron chi connectivity index (χ2n) is 24.5. The van der Waals surface area contributed by atoms with Gasteiger partial charge in [-0.2, -0.15) is 0 Å². The van der Waals surface area contributed by atoms with Crippen molar-refractivity contribution in [1.82, 2.24) is 0 Å². The van der Waals surface area contributed by atoms with Crippen molar-refractivity contribution in [2.24, 2.45) is 0 Å². The molecule has 0 N–H and O–H groups in total. The molecule has 47 heavy (non-hydrogen) atoms. The zero-order valence-electron chi connectivity index (χ0n) is 37.1. The summed E-state index contributed by atoms with van der Waals surface area (Å²) in [6, 6.07) is 5.67. The minimum atomic E-state index is -1.89. The van der Waals surface area contributed by atoms with Crippen molar-refractivity contribution in [3.63, 3.8) is 0 Å². The molecule has 0 fully saturated rings. The lowest BCUT2D eigenvalue weighted by atomic mass is 10.0. The highest BCUT2D eigenvalue weighted by Gasteiger charge is 2.67. The molecule has 0 saturated carbocycles. The SMILES string of the molecule is [C-]#[N+]c1c(C([Si](C)(C)C)([Si](C)(C)C)[Si](C)(C)C)cc(C([Si](C)(C)C)([Si](C)(C)C)[Si](C)(C)C)cc1C([Si](C)(C)C)([Si](C)(C)C)[Si](C)(C)C. The number of benzene rings is 1. The summed E-state index contributed by atoms with van der Waals surface area (Å²) in [5, 5.41) is 0. The molecule has 1 rings (SSSR count). The molecule has 0 radical (unpaired) electrons. The van der Waals surface area contributed by atoms with Crippen LogP contribution in [0.3, 0.4) is 0 Å². The molecule has 1 aromatic rings. The van der Waals surface area contributed by atoms with E-state index in [1.165, 1.54) is 0 Å². The lowest BCUT2D eigenvalue weighted by Gasteiger charge is -2.64. The molecule has 10 heteroatoms. The highest BCUT2D eigenvalue weighted by molar-refractivity contribution is 7.17. The molecule has 0 atom stereocenters. The number of hydrogen-bond donors (Lipinski definition) is 0. The molecule has 0 bridgehead atoms. The number of nitrogens with zero attached hydrogens (tertiary/aromatic N) is 1. The third kappa shape index (κ3) is 6.72. The molecule has 0 aliphatic heterocycles. The van der Waals surface area contributed by atoms with Gasteiger partial charge in [-0.15, -0.1) is 0 Å². The van der Waals surface area contributed by atoms with E-state index in [1.54, 1.807) is 16.7 Å². The zero-order chi connectivity index (χ0) is 38.4. The number of rotatable bonds is 12. The average molecular weight is 795 g/mol. The van der Waals surface area contributed by atoms with Crippen molar-refractivity contribution in [2.75, 3.05) is 0 Å². The Morgan fingerprint density at radius 1 is 0.340 bits per heavy atom. The van der Waals surface area contributed by atoms with Crippen LogP contribution in [0.2, 0.25) is 177 Å². The average Bonchev–Trinajstić information content (AvgIpc) is 2.64. The minimum Gasteiger partial charge on any atom is -0.238 e. The van der Waals surface area contributed by atoms with Crippen LogP contribution in [-0.4, -0.2) is 72.7 Å². The van der Waals surface area contributed by atoms with E-state index >= 15 is 0 Å². The van der Waals surface area contributed by atoms with E-state index in [0.717, 1.165) is 5.69 Å². The molecular formula is C37H83NSi9. The van der Waals surface area contributed by atoms with Gasteiger partial charge in [-0.3, -0.25) is 0 Å². The van der Waals surface area contributed by atoms with E-state index in [-0.39, 0.29) is 12.9 Å². The van der Waals surface area contributed by atoms with Gasteiger partial charge in [0.1, 0.15) is 0 Å². The molecule has 0 heterocycles. The first-order valence-electron chi connectivity index (χ1n) is 18.6. The van der Waals surface area contributed by atoms with Crippen LogP contribution < -0.4 is 0 Å². The van der Waals surface area contributed by atoms with Gasteiger partial charge in [-0.05, 0) is 24.0 Å². The van der Waals surface area contributed by atoms with Gasteiger partial charge in [0.05, 0.1) is 6.57 Å². The van der Waals surface area contributed by atoms with Gasteiger partial charge in [0, 0.05) is 72.7 Å². The second kappa shape index (κ2) is 12.7.